The maximum Gasteiger partial charge on any atom is 0.347 e. The van der Waals surface area contributed by atoms with Crippen LogP contribution in [0, 0.1) is 86.3 Å². The van der Waals surface area contributed by atoms with Gasteiger partial charge in [-0.05, 0) is 262 Å². The molecule has 1 aliphatic heterocycles. The molecule has 11 saturated carbocycles. The molecule has 386 valence electrons. The highest BCUT2D eigenvalue weighted by Gasteiger charge is 2.63. The molecule has 0 aromatic carbocycles. The lowest BCUT2D eigenvalue weighted by molar-refractivity contribution is -0.211. The van der Waals surface area contributed by atoms with Gasteiger partial charge in [0.2, 0.25) is 6.10 Å². The summed E-state index contributed by atoms with van der Waals surface area (Å²) in [6.07, 6.45) is 20.9. The summed E-state index contributed by atoms with van der Waals surface area (Å²) >= 11 is 0. The molecule has 10 heteroatoms. The first-order valence-corrected chi connectivity index (χ1v) is 28.5. The fourth-order valence-corrected chi connectivity index (χ4v) is 19.5. The Bertz CT molecular complexity index is 1960. The van der Waals surface area contributed by atoms with Gasteiger partial charge in [0.25, 0.3) is 0 Å². The largest absolute Gasteiger partial charge is 0.463 e. The first-order valence-electron chi connectivity index (χ1n) is 28.5. The van der Waals surface area contributed by atoms with Gasteiger partial charge in [0, 0.05) is 11.8 Å². The highest BCUT2D eigenvalue weighted by molar-refractivity contribution is 5.86. The smallest absolute Gasteiger partial charge is 0.347 e. The fourth-order valence-electron chi connectivity index (χ4n) is 19.5. The highest BCUT2D eigenvalue weighted by atomic mass is 16.6. The molecule has 0 radical (unpaired) electrons. The first kappa shape index (κ1) is 49.9. The van der Waals surface area contributed by atoms with E-state index in [1.807, 2.05) is 34.6 Å². The molecular formula is C59H90O10. The van der Waals surface area contributed by atoms with Crippen molar-refractivity contribution in [2.45, 2.75) is 246 Å². The zero-order chi connectivity index (χ0) is 49.2. The standard InChI is InChI=1S/C59H90O10/c1-10-58(16-11-12-17-58)68-48(61)52(3,4)33-55(8,51(64)69-59-29-40-22-41(30-59)24-42(23-40)31-59)35-56(9,49(62)66-46-15-18-65-47(46)60)34-54(7,32-45-36(2)43-13-14-44(45)25-43)50(63)67-53(5,6)57-26-37-19-38(27-57)21-39(20-37)28-57/h36-46H,10-35H2,1-9H3. The lowest BCUT2D eigenvalue weighted by Crippen LogP contribution is -2.58. The topological polar surface area (TPSA) is 132 Å². The molecule has 1 saturated heterocycles. The van der Waals surface area contributed by atoms with Crippen LogP contribution in [-0.2, 0) is 47.7 Å². The number of cyclic esters (lactones) is 1. The van der Waals surface area contributed by atoms with Crippen molar-refractivity contribution in [3.63, 3.8) is 0 Å². The number of rotatable bonds is 18. The number of hydrogen-bond donors (Lipinski definition) is 0. The van der Waals surface area contributed by atoms with Gasteiger partial charge in [0.15, 0.2) is 0 Å². The van der Waals surface area contributed by atoms with Crippen molar-refractivity contribution in [1.29, 1.82) is 0 Å². The summed E-state index contributed by atoms with van der Waals surface area (Å²) in [5, 5.41) is 0. The second-order valence-corrected chi connectivity index (χ2v) is 28.7. The van der Waals surface area contributed by atoms with Crippen LogP contribution in [0.4, 0.5) is 0 Å². The maximum absolute atomic E-state index is 15.8. The number of carbonyl (C=O) groups is 5. The van der Waals surface area contributed by atoms with E-state index in [4.69, 9.17) is 23.7 Å². The van der Waals surface area contributed by atoms with E-state index in [2.05, 4.69) is 27.7 Å². The zero-order valence-corrected chi connectivity index (χ0v) is 44.3. The number of hydrogen-bond acceptors (Lipinski definition) is 10. The van der Waals surface area contributed by atoms with E-state index in [0.717, 1.165) is 83.5 Å². The second kappa shape index (κ2) is 17.5. The van der Waals surface area contributed by atoms with E-state index >= 15 is 14.4 Å². The third kappa shape index (κ3) is 9.14. The van der Waals surface area contributed by atoms with Crippen molar-refractivity contribution in [1.82, 2.24) is 0 Å². The van der Waals surface area contributed by atoms with E-state index in [9.17, 15) is 9.59 Å². The minimum absolute atomic E-state index is 0.0467. The van der Waals surface area contributed by atoms with Gasteiger partial charge in [0.1, 0.15) is 16.8 Å². The molecular weight excluding hydrogens is 869 g/mol. The van der Waals surface area contributed by atoms with Crippen LogP contribution in [0.2, 0.25) is 0 Å². The molecule has 11 aliphatic carbocycles. The quantitative estimate of drug-likeness (QED) is 0.0966. The van der Waals surface area contributed by atoms with Gasteiger partial charge in [-0.1, -0.05) is 13.8 Å². The Hall–Kier alpha value is -2.65. The van der Waals surface area contributed by atoms with Crippen LogP contribution in [0.1, 0.15) is 223 Å². The Morgan fingerprint density at radius 2 is 1.13 bits per heavy atom. The second-order valence-electron chi connectivity index (χ2n) is 28.7. The molecule has 0 aromatic heterocycles. The van der Waals surface area contributed by atoms with Crippen LogP contribution in [-0.4, -0.2) is 59.4 Å². The van der Waals surface area contributed by atoms with E-state index < -0.39 is 62.5 Å². The lowest BCUT2D eigenvalue weighted by Gasteiger charge is -2.61. The Kier molecular flexibility index (Phi) is 12.7. The van der Waals surface area contributed by atoms with Crippen molar-refractivity contribution in [3.05, 3.63) is 0 Å². The van der Waals surface area contributed by atoms with Gasteiger partial charge in [-0.25, -0.2) is 4.79 Å². The summed E-state index contributed by atoms with van der Waals surface area (Å²) in [5.41, 5.74) is -7.08. The van der Waals surface area contributed by atoms with Crippen LogP contribution < -0.4 is 0 Å². The normalized spacial score (nSPS) is 40.7. The Morgan fingerprint density at radius 3 is 1.64 bits per heavy atom. The summed E-state index contributed by atoms with van der Waals surface area (Å²) < 4.78 is 32.2. The fraction of sp³-hybridized carbons (Fsp3) is 0.915. The van der Waals surface area contributed by atoms with E-state index in [-0.39, 0.29) is 55.6 Å². The number of fused-ring (bicyclic) bond motifs is 2. The van der Waals surface area contributed by atoms with Gasteiger partial charge < -0.3 is 23.7 Å². The van der Waals surface area contributed by atoms with E-state index in [1.165, 1.54) is 44.9 Å². The average molecular weight is 959 g/mol. The Morgan fingerprint density at radius 1 is 0.609 bits per heavy atom. The monoisotopic (exact) mass is 959 g/mol. The zero-order valence-electron chi connectivity index (χ0n) is 44.3. The Balaban J connectivity index is 1.02. The van der Waals surface area contributed by atoms with Crippen LogP contribution >= 0.6 is 0 Å². The van der Waals surface area contributed by atoms with Crippen LogP contribution in [0.25, 0.3) is 0 Å². The number of carbonyl (C=O) groups excluding carboxylic acids is 5. The van der Waals surface area contributed by atoms with Crippen LogP contribution in [0.5, 0.6) is 0 Å². The third-order valence-corrected chi connectivity index (χ3v) is 22.2. The first-order chi connectivity index (χ1) is 32.4. The minimum atomic E-state index is -1.49. The molecule has 10 bridgehead atoms. The van der Waals surface area contributed by atoms with E-state index in [1.54, 1.807) is 0 Å². The summed E-state index contributed by atoms with van der Waals surface area (Å²) in [6.45, 7) is 18.4. The molecule has 0 N–H and O–H groups in total. The summed E-state index contributed by atoms with van der Waals surface area (Å²) in [7, 11) is 0. The SMILES string of the molecule is CCC1(OC(=O)C(C)(C)CC(C)(CC(C)(CC(C)(CC2C3CCC(C3)C2C)C(=O)OC(C)(C)C23CC4CC(CC(C4)C2)C3)C(=O)OC2CCOC2=O)C(=O)OC23CC4CC(CC(C4)C2)C3)CCCC1. The maximum atomic E-state index is 15.8. The van der Waals surface area contributed by atoms with Gasteiger partial charge in [-0.3, -0.25) is 19.2 Å². The van der Waals surface area contributed by atoms with E-state index in [0.29, 0.717) is 59.7 Å². The molecule has 8 unspecified atom stereocenters. The molecule has 12 rings (SSSR count). The molecule has 69 heavy (non-hydrogen) atoms. The van der Waals surface area contributed by atoms with Crippen LogP contribution in [0.3, 0.4) is 0 Å². The van der Waals surface area contributed by atoms with Gasteiger partial charge >= 0.3 is 29.8 Å². The van der Waals surface area contributed by atoms with Crippen LogP contribution in [0.15, 0.2) is 0 Å². The number of ether oxygens (including phenoxy) is 5. The van der Waals surface area contributed by atoms with Gasteiger partial charge in [0.05, 0.1) is 28.3 Å². The summed E-state index contributed by atoms with van der Waals surface area (Å²) in [5.74, 6) is 3.24. The molecule has 0 amide bonds. The highest BCUT2D eigenvalue weighted by Crippen LogP contribution is 2.66. The molecule has 0 aromatic rings. The minimum Gasteiger partial charge on any atom is -0.463 e. The van der Waals surface area contributed by atoms with Crippen molar-refractivity contribution in [2.75, 3.05) is 6.61 Å². The summed E-state index contributed by atoms with van der Waals surface area (Å²) in [4.78, 5) is 74.8. The van der Waals surface area contributed by atoms with Crippen molar-refractivity contribution < 1.29 is 47.7 Å². The van der Waals surface area contributed by atoms with Crippen molar-refractivity contribution in [2.24, 2.45) is 86.3 Å². The van der Waals surface area contributed by atoms with Crippen molar-refractivity contribution >= 4 is 29.8 Å². The predicted molar refractivity (Wildman–Crippen MR) is 261 cm³/mol. The predicted octanol–water partition coefficient (Wildman–Crippen LogP) is 12.4. The molecule has 12 aliphatic rings. The van der Waals surface area contributed by atoms with Gasteiger partial charge in [-0.2, -0.15) is 0 Å². The average Bonchev–Trinajstić information content (AvgIpc) is 4.07. The summed E-state index contributed by atoms with van der Waals surface area (Å²) in [6, 6.07) is 0. The molecule has 8 atom stereocenters. The van der Waals surface area contributed by atoms with Gasteiger partial charge in [-0.15, -0.1) is 0 Å². The molecule has 12 fully saturated rings. The molecule has 0 spiro atoms. The molecule has 1 heterocycles. The third-order valence-electron chi connectivity index (χ3n) is 22.2. The molecule has 10 nitrogen and oxygen atoms in total. The van der Waals surface area contributed by atoms with Crippen molar-refractivity contribution in [3.8, 4) is 0 Å². The lowest BCUT2D eigenvalue weighted by atomic mass is 9.46. The Labute approximate surface area is 414 Å². The number of esters is 5.